The molecular weight excluding hydrogens is 146 g/mol. The van der Waals surface area contributed by atoms with Crippen molar-refractivity contribution in [3.05, 3.63) is 23.8 Å². The Kier molecular flexibility index (Phi) is 6.14. The van der Waals surface area contributed by atoms with E-state index in [-0.39, 0.29) is 0 Å². The van der Waals surface area contributed by atoms with Gasteiger partial charge < -0.3 is 4.90 Å². The molecule has 0 aliphatic rings. The van der Waals surface area contributed by atoms with Crippen molar-refractivity contribution in [3.63, 3.8) is 0 Å². The lowest BCUT2D eigenvalue weighted by Crippen LogP contribution is -2.10. The molecule has 1 nitrogen and oxygen atoms in total. The first-order valence-corrected chi connectivity index (χ1v) is 4.18. The standard InChI is InChI=1S/C11H17N/c1-5-7-8-11(6-2)9-10-12(3)4/h2,7-9H,5,10H2,1,3-4H3/b8-7-,11-9-. The molecule has 0 amide bonds. The molecule has 0 aromatic rings. The number of rotatable bonds is 4. The highest BCUT2D eigenvalue weighted by Crippen LogP contribution is 1.96. The van der Waals surface area contributed by atoms with Crippen molar-refractivity contribution in [2.24, 2.45) is 0 Å². The van der Waals surface area contributed by atoms with Crippen molar-refractivity contribution >= 4 is 0 Å². The van der Waals surface area contributed by atoms with E-state index < -0.39 is 0 Å². The molecule has 0 aliphatic heterocycles. The van der Waals surface area contributed by atoms with E-state index in [0.717, 1.165) is 18.5 Å². The minimum Gasteiger partial charge on any atom is -0.306 e. The van der Waals surface area contributed by atoms with E-state index in [9.17, 15) is 0 Å². The second kappa shape index (κ2) is 6.69. The van der Waals surface area contributed by atoms with Gasteiger partial charge in [-0.1, -0.05) is 31.1 Å². The van der Waals surface area contributed by atoms with Gasteiger partial charge >= 0.3 is 0 Å². The fourth-order valence-corrected chi connectivity index (χ4v) is 0.701. The molecule has 0 N–H and O–H groups in total. The van der Waals surface area contributed by atoms with E-state index in [1.807, 2.05) is 26.2 Å². The summed E-state index contributed by atoms with van der Waals surface area (Å²) in [5.74, 6) is 2.64. The van der Waals surface area contributed by atoms with Crippen LogP contribution in [0, 0.1) is 12.3 Å². The molecule has 1 heteroatoms. The van der Waals surface area contributed by atoms with Gasteiger partial charge in [0.25, 0.3) is 0 Å². The molecule has 0 aliphatic carbocycles. The summed E-state index contributed by atoms with van der Waals surface area (Å²) in [5.41, 5.74) is 0.963. The topological polar surface area (TPSA) is 3.24 Å². The number of hydrogen-bond donors (Lipinski definition) is 0. The van der Waals surface area contributed by atoms with E-state index in [4.69, 9.17) is 6.42 Å². The molecule has 0 atom stereocenters. The van der Waals surface area contributed by atoms with Gasteiger partial charge in [0, 0.05) is 12.1 Å². The highest BCUT2D eigenvalue weighted by Gasteiger charge is 1.86. The molecule has 66 valence electrons. The van der Waals surface area contributed by atoms with Crippen molar-refractivity contribution in [1.82, 2.24) is 4.90 Å². The summed E-state index contributed by atoms with van der Waals surface area (Å²) in [6.07, 6.45) is 12.4. The summed E-state index contributed by atoms with van der Waals surface area (Å²) in [7, 11) is 4.04. The third kappa shape index (κ3) is 5.76. The first-order valence-electron chi connectivity index (χ1n) is 4.18. The van der Waals surface area contributed by atoms with E-state index in [0.29, 0.717) is 0 Å². The number of hydrogen-bond acceptors (Lipinski definition) is 1. The van der Waals surface area contributed by atoms with Crippen molar-refractivity contribution in [2.75, 3.05) is 20.6 Å². The highest BCUT2D eigenvalue weighted by atomic mass is 15.0. The van der Waals surface area contributed by atoms with Gasteiger partial charge in [0.2, 0.25) is 0 Å². The van der Waals surface area contributed by atoms with Crippen molar-refractivity contribution in [1.29, 1.82) is 0 Å². The lowest BCUT2D eigenvalue weighted by atomic mass is 10.2. The smallest absolute Gasteiger partial charge is 0.0212 e. The van der Waals surface area contributed by atoms with Crippen LogP contribution in [0.15, 0.2) is 23.8 Å². The number of likely N-dealkylation sites (N-methyl/N-ethyl adjacent to an activating group) is 1. The fourth-order valence-electron chi connectivity index (χ4n) is 0.701. The van der Waals surface area contributed by atoms with Crippen LogP contribution in [0.2, 0.25) is 0 Å². The van der Waals surface area contributed by atoms with Crippen molar-refractivity contribution in [3.8, 4) is 12.3 Å². The molecule has 0 bridgehead atoms. The third-order valence-electron chi connectivity index (χ3n) is 1.38. The number of terminal acetylenes is 1. The van der Waals surface area contributed by atoms with E-state index in [1.54, 1.807) is 0 Å². The first-order chi connectivity index (χ1) is 5.70. The fraction of sp³-hybridized carbons (Fsp3) is 0.455. The zero-order valence-electron chi connectivity index (χ0n) is 8.17. The predicted octanol–water partition coefficient (Wildman–Crippen LogP) is 2.07. The zero-order chi connectivity index (χ0) is 9.40. The summed E-state index contributed by atoms with van der Waals surface area (Å²) in [6, 6.07) is 0. The number of nitrogens with zero attached hydrogens (tertiary/aromatic N) is 1. The maximum atomic E-state index is 5.31. The van der Waals surface area contributed by atoms with Gasteiger partial charge in [-0.25, -0.2) is 0 Å². The Morgan fingerprint density at radius 1 is 1.50 bits per heavy atom. The lowest BCUT2D eigenvalue weighted by molar-refractivity contribution is 0.456. The van der Waals surface area contributed by atoms with Crippen molar-refractivity contribution < 1.29 is 0 Å². The molecule has 0 aromatic carbocycles. The summed E-state index contributed by atoms with van der Waals surface area (Å²) >= 11 is 0. The van der Waals surface area contributed by atoms with Crippen LogP contribution in [-0.2, 0) is 0 Å². The molecule has 0 fully saturated rings. The van der Waals surface area contributed by atoms with Gasteiger partial charge in [0.15, 0.2) is 0 Å². The summed E-state index contributed by atoms with van der Waals surface area (Å²) in [5, 5.41) is 0. The molecular formula is C11H17N. The average molecular weight is 163 g/mol. The van der Waals surface area contributed by atoms with Crippen LogP contribution in [0.5, 0.6) is 0 Å². The zero-order valence-corrected chi connectivity index (χ0v) is 8.17. The largest absolute Gasteiger partial charge is 0.306 e. The van der Waals surface area contributed by atoms with Crippen molar-refractivity contribution in [2.45, 2.75) is 13.3 Å². The molecule has 0 rings (SSSR count). The van der Waals surface area contributed by atoms with E-state index in [1.165, 1.54) is 0 Å². The molecule has 0 unspecified atom stereocenters. The van der Waals surface area contributed by atoms with E-state index in [2.05, 4.69) is 23.8 Å². The van der Waals surface area contributed by atoms with Crippen LogP contribution in [0.25, 0.3) is 0 Å². The second-order valence-electron chi connectivity index (χ2n) is 2.88. The molecule has 0 radical (unpaired) electrons. The molecule has 0 saturated heterocycles. The van der Waals surface area contributed by atoms with Crippen LogP contribution in [0.3, 0.4) is 0 Å². The maximum absolute atomic E-state index is 5.31. The average Bonchev–Trinajstić information content (AvgIpc) is 2.05. The molecule has 0 saturated carbocycles. The first kappa shape index (κ1) is 11.0. The molecule has 0 spiro atoms. The minimum absolute atomic E-state index is 0.896. The Morgan fingerprint density at radius 3 is 2.58 bits per heavy atom. The summed E-state index contributed by atoms with van der Waals surface area (Å²) in [6.45, 7) is 2.99. The summed E-state index contributed by atoms with van der Waals surface area (Å²) in [4.78, 5) is 2.08. The van der Waals surface area contributed by atoms with Crippen LogP contribution in [0.4, 0.5) is 0 Å². The van der Waals surface area contributed by atoms with Gasteiger partial charge in [-0.2, -0.15) is 0 Å². The molecule has 0 heterocycles. The quantitative estimate of drug-likeness (QED) is 0.453. The van der Waals surface area contributed by atoms with Crippen LogP contribution < -0.4 is 0 Å². The monoisotopic (exact) mass is 163 g/mol. The number of allylic oxidation sites excluding steroid dienone is 3. The lowest BCUT2D eigenvalue weighted by Gasteiger charge is -2.04. The Bertz CT molecular complexity index is 204. The van der Waals surface area contributed by atoms with E-state index >= 15 is 0 Å². The van der Waals surface area contributed by atoms with Crippen LogP contribution in [0.1, 0.15) is 13.3 Å². The van der Waals surface area contributed by atoms with Gasteiger partial charge in [-0.05, 0) is 20.5 Å². The predicted molar refractivity (Wildman–Crippen MR) is 54.9 cm³/mol. The Morgan fingerprint density at radius 2 is 2.17 bits per heavy atom. The highest BCUT2D eigenvalue weighted by molar-refractivity contribution is 5.36. The third-order valence-corrected chi connectivity index (χ3v) is 1.38. The Balaban J connectivity index is 4.07. The summed E-state index contributed by atoms with van der Waals surface area (Å²) < 4.78 is 0. The Labute approximate surface area is 75.8 Å². The van der Waals surface area contributed by atoms with Gasteiger partial charge in [-0.3, -0.25) is 0 Å². The van der Waals surface area contributed by atoms with Gasteiger partial charge in [0.1, 0.15) is 0 Å². The SMILES string of the molecule is C#CC(/C=C\CC)=C/CN(C)C. The van der Waals surface area contributed by atoms with Crippen LogP contribution in [-0.4, -0.2) is 25.5 Å². The molecule has 0 aromatic heterocycles. The minimum atomic E-state index is 0.896. The second-order valence-corrected chi connectivity index (χ2v) is 2.88. The maximum Gasteiger partial charge on any atom is 0.0212 e. The Hall–Kier alpha value is -1.00. The normalized spacial score (nSPS) is 12.4. The van der Waals surface area contributed by atoms with Gasteiger partial charge in [-0.15, -0.1) is 6.42 Å². The van der Waals surface area contributed by atoms with Gasteiger partial charge in [0.05, 0.1) is 0 Å². The van der Waals surface area contributed by atoms with Crippen LogP contribution >= 0.6 is 0 Å². The molecule has 12 heavy (non-hydrogen) atoms.